The highest BCUT2D eigenvalue weighted by atomic mass is 19.4. The van der Waals surface area contributed by atoms with Gasteiger partial charge in [-0.15, -0.1) is 0 Å². The summed E-state index contributed by atoms with van der Waals surface area (Å²) in [7, 11) is 1.70. The number of hydrogen-bond donors (Lipinski definition) is 2. The summed E-state index contributed by atoms with van der Waals surface area (Å²) in [6, 6.07) is 1.75. The Morgan fingerprint density at radius 2 is 1.96 bits per heavy atom. The maximum Gasteiger partial charge on any atom is 0.421 e. The van der Waals surface area contributed by atoms with Crippen LogP contribution in [0.25, 0.3) is 0 Å². The topological polar surface area (TPSA) is 93.7 Å². The number of nitrogens with zero attached hydrogens (tertiary/aromatic N) is 5. The van der Waals surface area contributed by atoms with Gasteiger partial charge in [0.15, 0.2) is 0 Å². The van der Waals surface area contributed by atoms with Gasteiger partial charge in [-0.3, -0.25) is 4.68 Å². The average Bonchev–Trinajstić information content (AvgIpc) is 3.26. The SMILES string of the molecule is CCNc1nc(Nc2cc(C(C)(C)c3ncco3)nn2C)ncc1C(F)(F)F. The van der Waals surface area contributed by atoms with Crippen molar-refractivity contribution in [3.05, 3.63) is 41.9 Å². The molecule has 0 aliphatic heterocycles. The van der Waals surface area contributed by atoms with Crippen molar-refractivity contribution in [2.75, 3.05) is 17.2 Å². The summed E-state index contributed by atoms with van der Waals surface area (Å²) in [5, 5.41) is 9.98. The lowest BCUT2D eigenvalue weighted by atomic mass is 9.89. The Hall–Kier alpha value is -3.11. The quantitative estimate of drug-likeness (QED) is 0.657. The molecule has 2 N–H and O–H groups in total. The van der Waals surface area contributed by atoms with Crippen molar-refractivity contribution in [3.63, 3.8) is 0 Å². The Kier molecular flexibility index (Phi) is 5.01. The van der Waals surface area contributed by atoms with Gasteiger partial charge in [-0.05, 0) is 20.8 Å². The molecule has 0 fully saturated rings. The molecule has 0 spiro atoms. The molecule has 3 aromatic rings. The van der Waals surface area contributed by atoms with E-state index in [2.05, 4.69) is 30.7 Å². The van der Waals surface area contributed by atoms with Crippen LogP contribution in [0.5, 0.6) is 0 Å². The standard InChI is InChI=1S/C17H20F3N7O/c1-5-21-13-10(17(18,19)20)9-23-15(25-13)24-12-8-11(26-27(12)4)16(2,3)14-22-6-7-28-14/h6-9H,5H2,1-4H3,(H2,21,23,24,25). The predicted molar refractivity (Wildman–Crippen MR) is 96.3 cm³/mol. The third-order valence-corrected chi connectivity index (χ3v) is 4.17. The van der Waals surface area contributed by atoms with Crippen LogP contribution in [0.2, 0.25) is 0 Å². The first-order chi connectivity index (χ1) is 13.1. The normalized spacial score (nSPS) is 12.2. The van der Waals surface area contributed by atoms with E-state index in [0.717, 1.165) is 6.20 Å². The molecule has 0 radical (unpaired) electrons. The Morgan fingerprint density at radius 1 is 1.21 bits per heavy atom. The monoisotopic (exact) mass is 395 g/mol. The Bertz CT molecular complexity index is 948. The maximum atomic E-state index is 13.1. The summed E-state index contributed by atoms with van der Waals surface area (Å²) in [5.74, 6) is 0.747. The largest absolute Gasteiger partial charge is 0.448 e. The molecule has 0 amide bonds. The minimum Gasteiger partial charge on any atom is -0.448 e. The number of hydrogen-bond acceptors (Lipinski definition) is 7. The van der Waals surface area contributed by atoms with Gasteiger partial charge >= 0.3 is 6.18 Å². The lowest BCUT2D eigenvalue weighted by Gasteiger charge is -2.17. The van der Waals surface area contributed by atoms with Crippen LogP contribution in [0.3, 0.4) is 0 Å². The van der Waals surface area contributed by atoms with Crippen LogP contribution in [0, 0.1) is 0 Å². The molecule has 0 unspecified atom stereocenters. The van der Waals surface area contributed by atoms with Crippen LogP contribution in [-0.4, -0.2) is 31.3 Å². The fourth-order valence-electron chi connectivity index (χ4n) is 2.60. The van der Waals surface area contributed by atoms with E-state index in [1.807, 2.05) is 13.8 Å². The Labute approximate surface area is 159 Å². The third-order valence-electron chi connectivity index (χ3n) is 4.17. The zero-order chi connectivity index (χ0) is 20.5. The van der Waals surface area contributed by atoms with Crippen molar-refractivity contribution in [1.82, 2.24) is 24.7 Å². The van der Waals surface area contributed by atoms with Gasteiger partial charge in [-0.25, -0.2) is 9.97 Å². The first kappa shape index (κ1) is 19.6. The second-order valence-corrected chi connectivity index (χ2v) is 6.61. The minimum absolute atomic E-state index is 0.0208. The maximum absolute atomic E-state index is 13.1. The number of aryl methyl sites for hydroxylation is 1. The number of oxazole rings is 1. The number of alkyl halides is 3. The van der Waals surface area contributed by atoms with E-state index in [1.54, 1.807) is 30.9 Å². The minimum atomic E-state index is -4.55. The zero-order valence-electron chi connectivity index (χ0n) is 15.8. The highest BCUT2D eigenvalue weighted by Crippen LogP contribution is 2.34. The van der Waals surface area contributed by atoms with Gasteiger partial charge in [-0.1, -0.05) is 0 Å². The van der Waals surface area contributed by atoms with Gasteiger partial charge in [0.05, 0.1) is 17.3 Å². The first-order valence-electron chi connectivity index (χ1n) is 8.52. The lowest BCUT2D eigenvalue weighted by Crippen LogP contribution is -2.20. The van der Waals surface area contributed by atoms with Crippen molar-refractivity contribution < 1.29 is 17.6 Å². The van der Waals surface area contributed by atoms with E-state index < -0.39 is 17.2 Å². The molecule has 11 heteroatoms. The number of halogens is 3. The molecule has 28 heavy (non-hydrogen) atoms. The van der Waals surface area contributed by atoms with Crippen molar-refractivity contribution in [2.45, 2.75) is 32.4 Å². The van der Waals surface area contributed by atoms with Gasteiger partial charge in [-0.2, -0.15) is 23.3 Å². The van der Waals surface area contributed by atoms with Crippen LogP contribution in [0.1, 0.15) is 37.9 Å². The van der Waals surface area contributed by atoms with E-state index in [0.29, 0.717) is 23.9 Å². The molecule has 8 nitrogen and oxygen atoms in total. The smallest absolute Gasteiger partial charge is 0.421 e. The summed E-state index contributed by atoms with van der Waals surface area (Å²) in [6.45, 7) is 5.79. The molecule has 0 saturated heterocycles. The van der Waals surface area contributed by atoms with Gasteiger partial charge in [0.1, 0.15) is 23.5 Å². The van der Waals surface area contributed by atoms with Crippen molar-refractivity contribution in [3.8, 4) is 0 Å². The van der Waals surface area contributed by atoms with E-state index in [1.165, 1.54) is 6.26 Å². The number of nitrogens with one attached hydrogen (secondary N) is 2. The average molecular weight is 395 g/mol. The molecule has 0 aliphatic carbocycles. The molecular formula is C17H20F3N7O. The zero-order valence-corrected chi connectivity index (χ0v) is 15.8. The van der Waals surface area contributed by atoms with Gasteiger partial charge in [0.2, 0.25) is 11.8 Å². The highest BCUT2D eigenvalue weighted by molar-refractivity contribution is 5.55. The summed E-state index contributed by atoms with van der Waals surface area (Å²) in [6.07, 6.45) is -0.758. The number of aromatic nitrogens is 5. The van der Waals surface area contributed by atoms with Crippen molar-refractivity contribution >= 4 is 17.6 Å². The molecule has 0 bridgehead atoms. The van der Waals surface area contributed by atoms with Crippen LogP contribution < -0.4 is 10.6 Å². The van der Waals surface area contributed by atoms with Gasteiger partial charge in [0.25, 0.3) is 0 Å². The second-order valence-electron chi connectivity index (χ2n) is 6.61. The summed E-state index contributed by atoms with van der Waals surface area (Å²) in [4.78, 5) is 11.9. The third kappa shape index (κ3) is 3.78. The molecule has 0 aliphatic rings. The molecule has 0 saturated carbocycles. The van der Waals surface area contributed by atoms with E-state index in [4.69, 9.17) is 4.42 Å². The Morgan fingerprint density at radius 3 is 2.57 bits per heavy atom. The fraction of sp³-hybridized carbons (Fsp3) is 0.412. The highest BCUT2D eigenvalue weighted by Gasteiger charge is 2.35. The number of rotatable bonds is 6. The Balaban J connectivity index is 1.90. The summed E-state index contributed by atoms with van der Waals surface area (Å²) >= 11 is 0. The lowest BCUT2D eigenvalue weighted by molar-refractivity contribution is -0.137. The van der Waals surface area contributed by atoms with Crippen LogP contribution >= 0.6 is 0 Å². The van der Waals surface area contributed by atoms with E-state index >= 15 is 0 Å². The molecule has 3 rings (SSSR count). The summed E-state index contributed by atoms with van der Waals surface area (Å²) < 4.78 is 46.2. The molecular weight excluding hydrogens is 375 g/mol. The van der Waals surface area contributed by atoms with Crippen LogP contribution in [0.4, 0.5) is 30.8 Å². The molecule has 0 atom stereocenters. The molecule has 0 aromatic carbocycles. The van der Waals surface area contributed by atoms with Gasteiger partial charge < -0.3 is 15.1 Å². The molecule has 3 heterocycles. The van der Waals surface area contributed by atoms with Crippen LogP contribution in [0.15, 0.2) is 29.1 Å². The second kappa shape index (κ2) is 7.13. The number of anilines is 3. The van der Waals surface area contributed by atoms with E-state index in [-0.39, 0.29) is 11.8 Å². The summed E-state index contributed by atoms with van der Waals surface area (Å²) in [5.41, 5.74) is -0.855. The fourth-order valence-corrected chi connectivity index (χ4v) is 2.60. The predicted octanol–water partition coefficient (Wildman–Crippen LogP) is 3.72. The van der Waals surface area contributed by atoms with Gasteiger partial charge in [0, 0.05) is 25.9 Å². The van der Waals surface area contributed by atoms with Crippen molar-refractivity contribution in [2.24, 2.45) is 7.05 Å². The van der Waals surface area contributed by atoms with E-state index in [9.17, 15) is 13.2 Å². The van der Waals surface area contributed by atoms with Crippen LogP contribution in [-0.2, 0) is 18.6 Å². The van der Waals surface area contributed by atoms with Crippen molar-refractivity contribution in [1.29, 1.82) is 0 Å². The molecule has 3 aromatic heterocycles. The first-order valence-corrected chi connectivity index (χ1v) is 8.52. The molecule has 150 valence electrons.